The lowest BCUT2D eigenvalue weighted by Crippen LogP contribution is -1.95. The third kappa shape index (κ3) is 2.63. The van der Waals surface area contributed by atoms with Crippen LogP contribution in [0.2, 0.25) is 0 Å². The van der Waals surface area contributed by atoms with Gasteiger partial charge in [0, 0.05) is 9.35 Å². The molecule has 2 rings (SSSR count). The molecule has 0 spiro atoms. The second kappa shape index (κ2) is 4.83. The molecule has 0 bridgehead atoms. The lowest BCUT2D eigenvalue weighted by atomic mass is 10.2. The van der Waals surface area contributed by atoms with Crippen LogP contribution in [0.3, 0.4) is 0 Å². The first-order valence-corrected chi connectivity index (χ1v) is 7.82. The molecule has 2 aromatic rings. The van der Waals surface area contributed by atoms with E-state index in [-0.39, 0.29) is 0 Å². The highest BCUT2D eigenvalue weighted by Gasteiger charge is 2.17. The number of hydrogen-bond acceptors (Lipinski definition) is 3. The average Bonchev–Trinajstić information content (AvgIpc) is 2.71. The van der Waals surface area contributed by atoms with Crippen LogP contribution in [-0.2, 0) is 0 Å². The van der Waals surface area contributed by atoms with Gasteiger partial charge in [-0.15, -0.1) is 22.7 Å². The summed E-state index contributed by atoms with van der Waals surface area (Å²) in [6.07, 6.45) is -0.502. The predicted octanol–water partition coefficient (Wildman–Crippen LogP) is 4.57. The summed E-state index contributed by atoms with van der Waals surface area (Å²) in [5, 5.41) is 12.2. The van der Waals surface area contributed by atoms with Crippen LogP contribution in [0.4, 0.5) is 0 Å². The summed E-state index contributed by atoms with van der Waals surface area (Å²) in [5.74, 6) is 0. The van der Waals surface area contributed by atoms with Crippen LogP contribution in [0.5, 0.6) is 0 Å². The molecule has 0 aliphatic carbocycles. The molecule has 0 aromatic carbocycles. The second-order valence-electron chi connectivity index (χ2n) is 3.16. The van der Waals surface area contributed by atoms with E-state index in [9.17, 15) is 5.11 Å². The highest BCUT2D eigenvalue weighted by molar-refractivity contribution is 14.1. The van der Waals surface area contributed by atoms with Crippen molar-refractivity contribution in [3.05, 3.63) is 40.2 Å². The molecule has 0 radical (unpaired) electrons. The van der Waals surface area contributed by atoms with Crippen LogP contribution in [-0.4, -0.2) is 5.11 Å². The number of rotatable bonds is 2. The maximum absolute atomic E-state index is 10.2. The summed E-state index contributed by atoms with van der Waals surface area (Å²) in [6.45, 7) is 2.04. The van der Waals surface area contributed by atoms with Gasteiger partial charge in [-0.1, -0.05) is 0 Å². The third-order valence-corrected chi connectivity index (χ3v) is 5.82. The van der Waals surface area contributed by atoms with Crippen LogP contribution in [0.15, 0.2) is 22.0 Å². The Balaban J connectivity index is 2.35. The molecule has 1 N–H and O–H groups in total. The van der Waals surface area contributed by atoms with Crippen LogP contribution >= 0.6 is 61.2 Å². The van der Waals surface area contributed by atoms with Gasteiger partial charge in [-0.2, -0.15) is 0 Å². The zero-order valence-corrected chi connectivity index (χ0v) is 13.2. The van der Waals surface area contributed by atoms with Gasteiger partial charge in [0.15, 0.2) is 0 Å². The minimum absolute atomic E-state index is 0.502. The molecule has 0 amide bonds. The van der Waals surface area contributed by atoms with Gasteiger partial charge in [-0.3, -0.25) is 0 Å². The Labute approximate surface area is 118 Å². The lowest BCUT2D eigenvalue weighted by Gasteiger charge is -2.06. The average molecular weight is 415 g/mol. The Hall–Kier alpha value is 0.570. The Bertz CT molecular complexity index is 477. The topological polar surface area (TPSA) is 20.2 Å². The number of aryl methyl sites for hydroxylation is 1. The summed E-state index contributed by atoms with van der Waals surface area (Å²) in [7, 11) is 0. The smallest absolute Gasteiger partial charge is 0.115 e. The molecule has 0 aliphatic rings. The first kappa shape index (κ1) is 12.0. The number of aliphatic hydroxyl groups excluding tert-OH is 1. The van der Waals surface area contributed by atoms with E-state index in [0.717, 1.165) is 14.9 Å². The summed E-state index contributed by atoms with van der Waals surface area (Å²) >= 11 is 9.03. The Morgan fingerprint density at radius 1 is 1.47 bits per heavy atom. The van der Waals surface area contributed by atoms with Gasteiger partial charge >= 0.3 is 0 Å². The van der Waals surface area contributed by atoms with Gasteiger partial charge in [0.2, 0.25) is 0 Å². The van der Waals surface area contributed by atoms with Crippen LogP contribution in [0.1, 0.15) is 21.4 Å². The van der Waals surface area contributed by atoms with Gasteiger partial charge < -0.3 is 5.11 Å². The standard InChI is InChI=1S/C10H8BrIOS2/c1-5-2-7(11)10(15-5)9(13)6-3-8(12)14-4-6/h2-4,9,13H,1H3. The first-order valence-electron chi connectivity index (χ1n) is 4.25. The molecule has 5 heteroatoms. The van der Waals surface area contributed by atoms with Crippen molar-refractivity contribution in [3.8, 4) is 0 Å². The normalized spacial score (nSPS) is 13.1. The fourth-order valence-electron chi connectivity index (χ4n) is 1.31. The van der Waals surface area contributed by atoms with E-state index in [4.69, 9.17) is 0 Å². The predicted molar refractivity (Wildman–Crippen MR) is 77.9 cm³/mol. The fraction of sp³-hybridized carbons (Fsp3) is 0.200. The largest absolute Gasteiger partial charge is 0.383 e. The maximum atomic E-state index is 10.2. The maximum Gasteiger partial charge on any atom is 0.115 e. The Morgan fingerprint density at radius 2 is 2.20 bits per heavy atom. The molecule has 80 valence electrons. The number of hydrogen-bond donors (Lipinski definition) is 1. The molecular formula is C10H8BrIOS2. The summed E-state index contributed by atoms with van der Waals surface area (Å²) in [5.41, 5.74) is 0.979. The fourth-order valence-corrected chi connectivity index (χ4v) is 4.58. The molecule has 0 saturated heterocycles. The number of thiophene rings is 2. The van der Waals surface area contributed by atoms with Gasteiger partial charge in [0.25, 0.3) is 0 Å². The van der Waals surface area contributed by atoms with Crippen LogP contribution in [0.25, 0.3) is 0 Å². The molecular weight excluding hydrogens is 407 g/mol. The van der Waals surface area contributed by atoms with Gasteiger partial charge in [0.1, 0.15) is 6.10 Å². The summed E-state index contributed by atoms with van der Waals surface area (Å²) in [4.78, 5) is 2.20. The molecule has 15 heavy (non-hydrogen) atoms. The molecule has 1 unspecified atom stereocenters. The summed E-state index contributed by atoms with van der Waals surface area (Å²) < 4.78 is 2.20. The minimum Gasteiger partial charge on any atom is -0.383 e. The van der Waals surface area contributed by atoms with E-state index in [1.165, 1.54) is 7.76 Å². The highest BCUT2D eigenvalue weighted by atomic mass is 127. The van der Waals surface area contributed by atoms with E-state index in [1.807, 2.05) is 24.4 Å². The van der Waals surface area contributed by atoms with Crippen molar-refractivity contribution in [3.63, 3.8) is 0 Å². The van der Waals surface area contributed by atoms with E-state index in [2.05, 4.69) is 38.5 Å². The van der Waals surface area contributed by atoms with Crippen molar-refractivity contribution in [1.29, 1.82) is 0 Å². The molecule has 0 saturated carbocycles. The minimum atomic E-state index is -0.502. The van der Waals surface area contributed by atoms with Crippen LogP contribution < -0.4 is 0 Å². The van der Waals surface area contributed by atoms with E-state index in [1.54, 1.807) is 22.7 Å². The van der Waals surface area contributed by atoms with Gasteiger partial charge in [-0.25, -0.2) is 0 Å². The molecule has 1 atom stereocenters. The van der Waals surface area contributed by atoms with Crippen molar-refractivity contribution in [2.45, 2.75) is 13.0 Å². The third-order valence-electron chi connectivity index (χ3n) is 1.99. The molecule has 0 fully saturated rings. The summed E-state index contributed by atoms with van der Waals surface area (Å²) in [6, 6.07) is 4.07. The first-order chi connectivity index (χ1) is 7.08. The van der Waals surface area contributed by atoms with Gasteiger partial charge in [-0.05, 0) is 68.5 Å². The van der Waals surface area contributed by atoms with Crippen molar-refractivity contribution in [2.24, 2.45) is 0 Å². The zero-order valence-electron chi connectivity index (χ0n) is 7.83. The quantitative estimate of drug-likeness (QED) is 0.713. The molecule has 2 aromatic heterocycles. The SMILES string of the molecule is Cc1cc(Br)c(C(O)c2csc(I)c2)s1. The second-order valence-corrected chi connectivity index (χ2v) is 8.10. The van der Waals surface area contributed by atoms with Crippen molar-refractivity contribution in [2.75, 3.05) is 0 Å². The van der Waals surface area contributed by atoms with E-state index in [0.29, 0.717) is 0 Å². The zero-order chi connectivity index (χ0) is 11.0. The van der Waals surface area contributed by atoms with Crippen LogP contribution in [0, 0.1) is 9.81 Å². The van der Waals surface area contributed by atoms with Crippen molar-refractivity contribution in [1.82, 2.24) is 0 Å². The Morgan fingerprint density at radius 3 is 2.67 bits per heavy atom. The highest BCUT2D eigenvalue weighted by Crippen LogP contribution is 2.36. The van der Waals surface area contributed by atoms with E-state index >= 15 is 0 Å². The molecule has 0 aliphatic heterocycles. The van der Waals surface area contributed by atoms with E-state index < -0.39 is 6.10 Å². The lowest BCUT2D eigenvalue weighted by molar-refractivity contribution is 0.224. The Kier molecular flexibility index (Phi) is 3.88. The molecule has 2 heterocycles. The molecule has 1 nitrogen and oxygen atoms in total. The van der Waals surface area contributed by atoms with Crippen molar-refractivity contribution < 1.29 is 5.11 Å². The van der Waals surface area contributed by atoms with Crippen molar-refractivity contribution >= 4 is 61.2 Å². The van der Waals surface area contributed by atoms with Gasteiger partial charge in [0.05, 0.1) is 7.76 Å². The number of halogens is 2. The number of aliphatic hydroxyl groups is 1. The monoisotopic (exact) mass is 414 g/mol.